The van der Waals surface area contributed by atoms with Gasteiger partial charge in [-0.15, -0.1) is 23.5 Å². The topological polar surface area (TPSA) is 46.6 Å². The number of ether oxygens (including phenoxy) is 1. The maximum atomic E-state index is 13.2. The number of alkyl halides is 3. The monoisotopic (exact) mass is 451 g/mol. The van der Waals surface area contributed by atoms with Crippen LogP contribution in [-0.2, 0) is 26.1 Å². The lowest BCUT2D eigenvalue weighted by Gasteiger charge is -2.39. The molecule has 0 aliphatic rings. The highest BCUT2D eigenvalue weighted by atomic mass is 32.4. The number of thioether (sulfide) groups is 2. The van der Waals surface area contributed by atoms with Gasteiger partial charge in [0.25, 0.3) is 0 Å². The molecule has 0 rings (SSSR count). The minimum Gasteiger partial charge on any atom is -0.465 e. The quantitative estimate of drug-likeness (QED) is 0.169. The fourth-order valence-corrected chi connectivity index (χ4v) is 7.10. The lowest BCUT2D eigenvalue weighted by molar-refractivity contribution is -0.187. The van der Waals surface area contributed by atoms with Crippen molar-refractivity contribution in [3.8, 4) is 0 Å². The molecule has 0 aromatic heterocycles. The molecule has 0 aliphatic heterocycles. The zero-order chi connectivity index (χ0) is 20.2. The van der Waals surface area contributed by atoms with E-state index in [1.54, 1.807) is 6.92 Å². The van der Waals surface area contributed by atoms with Gasteiger partial charge in [-0.3, -0.25) is 14.5 Å². The van der Waals surface area contributed by atoms with Gasteiger partial charge in [0.1, 0.15) is 6.54 Å². The highest BCUT2D eigenvalue weighted by Gasteiger charge is 2.51. The van der Waals surface area contributed by atoms with Gasteiger partial charge in [0.05, 0.1) is 6.61 Å². The number of unbranched alkanes of at least 4 members (excludes halogenated alkanes) is 2. The lowest BCUT2D eigenvalue weighted by Crippen LogP contribution is -2.52. The number of rotatable bonds is 13. The van der Waals surface area contributed by atoms with Gasteiger partial charge in [0, 0.05) is 7.36 Å². The molecule has 0 aromatic carbocycles. The van der Waals surface area contributed by atoms with Gasteiger partial charge in [-0.2, -0.15) is 13.2 Å². The summed E-state index contributed by atoms with van der Waals surface area (Å²) in [5.74, 6) is -1.84. The Balaban J connectivity index is 5.79. The Morgan fingerprint density at radius 1 is 1.08 bits per heavy atom. The molecule has 11 heteroatoms. The summed E-state index contributed by atoms with van der Waals surface area (Å²) in [4.78, 5) is 24.5. The molecule has 0 aliphatic carbocycles. The van der Waals surface area contributed by atoms with E-state index in [1.165, 1.54) is 23.5 Å². The van der Waals surface area contributed by atoms with E-state index in [4.69, 9.17) is 16.5 Å². The third-order valence-corrected chi connectivity index (χ3v) is 9.28. The summed E-state index contributed by atoms with van der Waals surface area (Å²) in [5.41, 5.74) is 0. The fourth-order valence-electron chi connectivity index (χ4n) is 1.79. The second kappa shape index (κ2) is 13.2. The van der Waals surface area contributed by atoms with E-state index in [2.05, 4.69) is 0 Å². The minimum absolute atomic E-state index is 0.0252. The van der Waals surface area contributed by atoms with Crippen molar-refractivity contribution in [3.63, 3.8) is 0 Å². The van der Waals surface area contributed by atoms with Crippen molar-refractivity contribution in [1.82, 2.24) is 4.90 Å². The van der Waals surface area contributed by atoms with Crippen molar-refractivity contribution in [1.29, 1.82) is 0 Å². The van der Waals surface area contributed by atoms with Crippen LogP contribution in [0.25, 0.3) is 0 Å². The molecule has 0 aromatic rings. The molecule has 4 nitrogen and oxygen atoms in total. The molecule has 0 radical (unpaired) electrons. The highest BCUT2D eigenvalue weighted by molar-refractivity contribution is 8.27. The molecule has 0 N–H and O–H groups in total. The maximum Gasteiger partial charge on any atom is 0.471 e. The van der Waals surface area contributed by atoms with E-state index >= 15 is 0 Å². The second-order valence-electron chi connectivity index (χ2n) is 5.24. The van der Waals surface area contributed by atoms with E-state index in [1.807, 2.05) is 13.8 Å². The number of halogens is 3. The standard InChI is InChI=1S/C15H25F3NO3PS3/c1-4-7-9-25-15(23-24,26-10-8-5-2)19(11-12(20)22-6-3)13(21)14(16,17)18/h4-11H2,1-3H3. The second-order valence-corrected chi connectivity index (χ2v) is 10.1. The molecule has 152 valence electrons. The zero-order valence-corrected chi connectivity index (χ0v) is 18.5. The third kappa shape index (κ3) is 8.76. The Hall–Kier alpha value is -0.0500. The molecule has 26 heavy (non-hydrogen) atoms. The van der Waals surface area contributed by atoms with Crippen LogP contribution in [0, 0.1) is 0 Å². The molecule has 0 heterocycles. The van der Waals surface area contributed by atoms with Crippen LogP contribution < -0.4 is 0 Å². The summed E-state index contributed by atoms with van der Waals surface area (Å²) >= 11 is 7.54. The normalized spacial score (nSPS) is 12.2. The van der Waals surface area contributed by atoms with Gasteiger partial charge in [-0.05, 0) is 31.3 Å². The minimum atomic E-state index is -5.09. The number of nitrogens with zero attached hydrogens (tertiary/aromatic N) is 1. The average Bonchev–Trinajstić information content (AvgIpc) is 2.57. The van der Waals surface area contributed by atoms with Crippen LogP contribution in [0.2, 0.25) is 0 Å². The first kappa shape index (κ1) is 26.0. The van der Waals surface area contributed by atoms with Crippen LogP contribution in [-0.4, -0.2) is 51.6 Å². The van der Waals surface area contributed by atoms with Crippen molar-refractivity contribution in [3.05, 3.63) is 0 Å². The first-order valence-electron chi connectivity index (χ1n) is 8.35. The van der Waals surface area contributed by atoms with Gasteiger partial charge >= 0.3 is 18.1 Å². The van der Waals surface area contributed by atoms with E-state index in [9.17, 15) is 22.8 Å². The third-order valence-electron chi connectivity index (χ3n) is 3.11. The molecule has 0 bridgehead atoms. The molecule has 1 amide bonds. The molecule has 0 spiro atoms. The number of carbonyl (C=O) groups excluding carboxylic acids is 2. The van der Waals surface area contributed by atoms with Gasteiger partial charge < -0.3 is 4.74 Å². The van der Waals surface area contributed by atoms with Crippen LogP contribution in [0.1, 0.15) is 46.5 Å². The predicted molar refractivity (Wildman–Crippen MR) is 106 cm³/mol. The summed E-state index contributed by atoms with van der Waals surface area (Å²) in [7, 11) is 0.170. The van der Waals surface area contributed by atoms with Crippen molar-refractivity contribution < 1.29 is 27.5 Å². The molecule has 0 atom stereocenters. The fraction of sp³-hybridized carbons (Fsp3) is 0.867. The molecule has 0 saturated heterocycles. The Labute approximate surface area is 168 Å². The van der Waals surface area contributed by atoms with E-state index < -0.39 is 28.5 Å². The Kier molecular flexibility index (Phi) is 13.2. The number of carbonyl (C=O) groups is 2. The summed E-state index contributed by atoms with van der Waals surface area (Å²) in [6, 6.07) is 0. The van der Waals surface area contributed by atoms with E-state index in [0.717, 1.165) is 25.7 Å². The summed E-state index contributed by atoms with van der Waals surface area (Å²) in [6.45, 7) is 4.74. The van der Waals surface area contributed by atoms with Crippen LogP contribution in [0.3, 0.4) is 0 Å². The summed E-state index contributed by atoms with van der Waals surface area (Å²) in [5, 5.41) is 0. The SMILES string of the molecule is CCCCSC(P=S)(SCCCC)N(CC(=O)OCC)C(=O)C(F)(F)F. The largest absolute Gasteiger partial charge is 0.471 e. The first-order chi connectivity index (χ1) is 12.2. The Morgan fingerprint density at radius 3 is 1.92 bits per heavy atom. The Bertz CT molecular complexity index is 457. The smallest absolute Gasteiger partial charge is 0.465 e. The van der Waals surface area contributed by atoms with Gasteiger partial charge in [0.15, 0.2) is 3.94 Å². The van der Waals surface area contributed by atoms with Crippen LogP contribution in [0.5, 0.6) is 0 Å². The van der Waals surface area contributed by atoms with Gasteiger partial charge in [-0.1, -0.05) is 38.5 Å². The number of amides is 1. The van der Waals surface area contributed by atoms with E-state index in [0.29, 0.717) is 16.4 Å². The lowest BCUT2D eigenvalue weighted by atomic mass is 10.4. The molecular formula is C15H25F3NO3PS3. The number of hydrogen-bond acceptors (Lipinski definition) is 6. The van der Waals surface area contributed by atoms with Gasteiger partial charge in [0.2, 0.25) is 0 Å². The zero-order valence-electron chi connectivity index (χ0n) is 15.1. The molecular weight excluding hydrogens is 426 g/mol. The number of esters is 1. The van der Waals surface area contributed by atoms with Gasteiger partial charge in [-0.25, -0.2) is 0 Å². The highest BCUT2D eigenvalue weighted by Crippen LogP contribution is 2.50. The van der Waals surface area contributed by atoms with Crippen molar-refractivity contribution in [2.75, 3.05) is 24.7 Å². The molecule has 0 saturated carbocycles. The van der Waals surface area contributed by atoms with Crippen LogP contribution >= 0.6 is 30.9 Å². The van der Waals surface area contributed by atoms with Crippen LogP contribution in [0.15, 0.2) is 0 Å². The Morgan fingerprint density at radius 2 is 1.58 bits per heavy atom. The van der Waals surface area contributed by atoms with Crippen molar-refractivity contribution in [2.45, 2.75) is 56.6 Å². The maximum absolute atomic E-state index is 13.2. The number of hydrogen-bond donors (Lipinski definition) is 0. The van der Waals surface area contributed by atoms with Crippen molar-refractivity contribution >= 4 is 54.6 Å². The van der Waals surface area contributed by atoms with Crippen LogP contribution in [0.4, 0.5) is 13.2 Å². The van der Waals surface area contributed by atoms with E-state index in [-0.39, 0.29) is 14.0 Å². The van der Waals surface area contributed by atoms with Crippen molar-refractivity contribution in [2.24, 2.45) is 0 Å². The predicted octanol–water partition coefficient (Wildman–Crippen LogP) is 5.03. The summed E-state index contributed by atoms with van der Waals surface area (Å²) < 4.78 is 43.0. The molecule has 0 unspecified atom stereocenters. The average molecular weight is 452 g/mol. The first-order valence-corrected chi connectivity index (χ1v) is 12.2. The summed E-state index contributed by atoms with van der Waals surface area (Å²) in [6.07, 6.45) is -1.81. The molecule has 0 fully saturated rings.